The maximum atomic E-state index is 12.7. The number of fused-ring (bicyclic) bond motifs is 1. The Labute approximate surface area is 181 Å². The smallest absolute Gasteiger partial charge is 0.292 e. The lowest BCUT2D eigenvalue weighted by Crippen LogP contribution is -2.42. The zero-order valence-electron chi connectivity index (χ0n) is 17.9. The van der Waals surface area contributed by atoms with E-state index in [-0.39, 0.29) is 11.7 Å². The molecule has 8 nitrogen and oxygen atoms in total. The highest BCUT2D eigenvalue weighted by atomic mass is 16.5. The molecule has 2 aliphatic rings. The minimum absolute atomic E-state index is 0.168. The van der Waals surface area contributed by atoms with E-state index in [9.17, 15) is 9.90 Å². The Morgan fingerprint density at radius 2 is 2.06 bits per heavy atom. The molecule has 0 unspecified atom stereocenters. The Kier molecular flexibility index (Phi) is 5.50. The molecular formula is C23H29N5O3. The van der Waals surface area contributed by atoms with Crippen molar-refractivity contribution < 1.29 is 14.4 Å². The van der Waals surface area contributed by atoms with Gasteiger partial charge in [-0.05, 0) is 57.8 Å². The molecule has 1 amide bonds. The first kappa shape index (κ1) is 20.2. The summed E-state index contributed by atoms with van der Waals surface area (Å²) in [5, 5.41) is 14.0. The number of hydrogen-bond donors (Lipinski definition) is 1. The van der Waals surface area contributed by atoms with Gasteiger partial charge in [-0.15, -0.1) is 0 Å². The van der Waals surface area contributed by atoms with Crippen LogP contribution in [-0.2, 0) is 6.54 Å². The van der Waals surface area contributed by atoms with E-state index in [1.807, 2.05) is 18.2 Å². The fourth-order valence-corrected chi connectivity index (χ4v) is 4.83. The summed E-state index contributed by atoms with van der Waals surface area (Å²) in [7, 11) is 0. The Morgan fingerprint density at radius 1 is 1.23 bits per heavy atom. The number of aromatic nitrogens is 3. The van der Waals surface area contributed by atoms with Crippen LogP contribution in [0.3, 0.4) is 0 Å². The van der Waals surface area contributed by atoms with Crippen molar-refractivity contribution in [3.8, 4) is 0 Å². The van der Waals surface area contributed by atoms with Crippen molar-refractivity contribution in [2.45, 2.75) is 51.2 Å². The Morgan fingerprint density at radius 3 is 2.87 bits per heavy atom. The molecule has 3 aromatic heterocycles. The first-order valence-electron chi connectivity index (χ1n) is 11.2. The van der Waals surface area contributed by atoms with Gasteiger partial charge in [0.2, 0.25) is 5.76 Å². The first-order chi connectivity index (χ1) is 15.1. The molecule has 1 N–H and O–H groups in total. The lowest BCUT2D eigenvalue weighted by atomic mass is 9.93. The van der Waals surface area contributed by atoms with Gasteiger partial charge in [0.15, 0.2) is 0 Å². The van der Waals surface area contributed by atoms with Crippen LogP contribution in [0, 0.1) is 6.92 Å². The van der Waals surface area contributed by atoms with E-state index in [4.69, 9.17) is 4.52 Å². The summed E-state index contributed by atoms with van der Waals surface area (Å²) in [5.74, 6) is 0.419. The maximum Gasteiger partial charge on any atom is 0.292 e. The lowest BCUT2D eigenvalue weighted by Gasteiger charge is -2.31. The molecule has 5 rings (SSSR count). The molecule has 164 valence electrons. The van der Waals surface area contributed by atoms with Gasteiger partial charge in [0, 0.05) is 37.8 Å². The van der Waals surface area contributed by atoms with Gasteiger partial charge in [0.05, 0.1) is 23.2 Å². The van der Waals surface area contributed by atoms with E-state index < -0.39 is 6.10 Å². The molecule has 0 saturated carbocycles. The largest absolute Gasteiger partial charge is 0.391 e. The van der Waals surface area contributed by atoms with Crippen LogP contribution in [0.5, 0.6) is 0 Å². The molecule has 0 aromatic carbocycles. The quantitative estimate of drug-likeness (QED) is 0.694. The van der Waals surface area contributed by atoms with Crippen LogP contribution in [0.25, 0.3) is 5.65 Å². The predicted molar refractivity (Wildman–Crippen MR) is 115 cm³/mol. The molecule has 1 atom stereocenters. The number of aliphatic hydroxyl groups excluding tert-OH is 1. The molecular weight excluding hydrogens is 394 g/mol. The molecule has 0 aliphatic carbocycles. The van der Waals surface area contributed by atoms with Crippen LogP contribution in [0.1, 0.15) is 59.2 Å². The van der Waals surface area contributed by atoms with Crippen LogP contribution >= 0.6 is 0 Å². The number of hydrogen-bond acceptors (Lipinski definition) is 6. The van der Waals surface area contributed by atoms with E-state index in [1.54, 1.807) is 11.0 Å². The molecule has 0 radical (unpaired) electrons. The van der Waals surface area contributed by atoms with Crippen molar-refractivity contribution in [3.05, 3.63) is 53.3 Å². The van der Waals surface area contributed by atoms with Gasteiger partial charge in [0.25, 0.3) is 5.91 Å². The van der Waals surface area contributed by atoms with E-state index in [1.165, 1.54) is 5.69 Å². The van der Waals surface area contributed by atoms with Crippen LogP contribution in [0.15, 0.2) is 35.0 Å². The maximum absolute atomic E-state index is 12.7. The zero-order chi connectivity index (χ0) is 21.4. The van der Waals surface area contributed by atoms with Crippen LogP contribution in [-0.4, -0.2) is 67.6 Å². The van der Waals surface area contributed by atoms with Crippen LogP contribution < -0.4 is 0 Å². The summed E-state index contributed by atoms with van der Waals surface area (Å²) >= 11 is 0. The summed E-state index contributed by atoms with van der Waals surface area (Å²) in [6, 6.07) is 7.90. The van der Waals surface area contributed by atoms with Crippen molar-refractivity contribution in [2.75, 3.05) is 26.2 Å². The minimum Gasteiger partial charge on any atom is -0.391 e. The van der Waals surface area contributed by atoms with Gasteiger partial charge in [-0.3, -0.25) is 9.69 Å². The molecule has 8 heteroatoms. The fraction of sp³-hybridized carbons (Fsp3) is 0.522. The third-order valence-electron chi connectivity index (χ3n) is 6.63. The molecule has 2 aliphatic heterocycles. The van der Waals surface area contributed by atoms with Gasteiger partial charge >= 0.3 is 0 Å². The standard InChI is InChI=1S/C23H29N5O3/c1-16-20(28-10-3-2-6-22(28)24-16)15-26-11-7-17(8-12-26)19-13-21(31-25-19)23(30)27-9-4-5-18(29)14-27/h2-3,6,10,13,17-18,29H,4-5,7-9,11-12,14-15H2,1H3/t18-/m1/s1. The van der Waals surface area contributed by atoms with Crippen molar-refractivity contribution in [1.29, 1.82) is 0 Å². The number of aryl methyl sites for hydroxylation is 1. The highest BCUT2D eigenvalue weighted by molar-refractivity contribution is 5.91. The number of aliphatic hydroxyl groups is 1. The van der Waals surface area contributed by atoms with Crippen LogP contribution in [0.2, 0.25) is 0 Å². The summed E-state index contributed by atoms with van der Waals surface area (Å²) in [6.07, 6.45) is 5.17. The number of likely N-dealkylation sites (tertiary alicyclic amines) is 2. The number of carbonyl (C=O) groups is 1. The van der Waals surface area contributed by atoms with Gasteiger partial charge in [-0.2, -0.15) is 0 Å². The van der Waals surface area contributed by atoms with Gasteiger partial charge < -0.3 is 18.9 Å². The number of carbonyl (C=O) groups excluding carboxylic acids is 1. The topological polar surface area (TPSA) is 87.1 Å². The molecule has 31 heavy (non-hydrogen) atoms. The molecule has 5 heterocycles. The van der Waals surface area contributed by atoms with Gasteiger partial charge in [-0.1, -0.05) is 11.2 Å². The lowest BCUT2D eigenvalue weighted by molar-refractivity contribution is 0.0441. The minimum atomic E-state index is -0.444. The normalized spacial score (nSPS) is 21.1. The van der Waals surface area contributed by atoms with Gasteiger partial charge in [-0.25, -0.2) is 4.98 Å². The highest BCUT2D eigenvalue weighted by Gasteiger charge is 2.29. The summed E-state index contributed by atoms with van der Waals surface area (Å²) in [5.41, 5.74) is 4.18. The SMILES string of the molecule is Cc1nc2ccccn2c1CN1CCC(c2cc(C(=O)N3CCC[C@@H](O)C3)on2)CC1. The summed E-state index contributed by atoms with van der Waals surface area (Å²) < 4.78 is 7.57. The number of piperidine rings is 2. The number of amides is 1. The van der Waals surface area contributed by atoms with Crippen molar-refractivity contribution >= 4 is 11.6 Å². The zero-order valence-corrected chi connectivity index (χ0v) is 17.9. The molecule has 2 fully saturated rings. The van der Waals surface area contributed by atoms with E-state index >= 15 is 0 Å². The van der Waals surface area contributed by atoms with E-state index in [2.05, 4.69) is 32.6 Å². The number of imidazole rings is 1. The Balaban J connectivity index is 1.20. The predicted octanol–water partition coefficient (Wildman–Crippen LogP) is 2.61. The highest BCUT2D eigenvalue weighted by Crippen LogP contribution is 2.29. The summed E-state index contributed by atoms with van der Waals surface area (Å²) in [4.78, 5) is 21.5. The van der Waals surface area contributed by atoms with Crippen LogP contribution in [0.4, 0.5) is 0 Å². The third kappa shape index (κ3) is 4.09. The van der Waals surface area contributed by atoms with Crippen molar-refractivity contribution in [2.24, 2.45) is 0 Å². The van der Waals surface area contributed by atoms with E-state index in [0.29, 0.717) is 19.0 Å². The number of pyridine rings is 1. The average molecular weight is 424 g/mol. The monoisotopic (exact) mass is 423 g/mol. The molecule has 3 aromatic rings. The number of β-amino-alcohol motifs (C(OH)–C–C–N with tert-alkyl or cyclic N) is 1. The Bertz CT molecular complexity index is 1070. The second-order valence-corrected chi connectivity index (χ2v) is 8.79. The Hall–Kier alpha value is -2.71. The second kappa shape index (κ2) is 8.43. The summed E-state index contributed by atoms with van der Waals surface area (Å²) in [6.45, 7) is 5.92. The second-order valence-electron chi connectivity index (χ2n) is 8.79. The van der Waals surface area contributed by atoms with Crippen molar-refractivity contribution in [1.82, 2.24) is 24.3 Å². The average Bonchev–Trinajstić information content (AvgIpc) is 3.39. The number of rotatable bonds is 4. The number of nitrogens with zero attached hydrogens (tertiary/aromatic N) is 5. The first-order valence-corrected chi connectivity index (χ1v) is 11.2. The van der Waals surface area contributed by atoms with Gasteiger partial charge in [0.1, 0.15) is 5.65 Å². The molecule has 0 bridgehead atoms. The molecule has 2 saturated heterocycles. The van der Waals surface area contributed by atoms with E-state index in [0.717, 1.165) is 62.4 Å². The third-order valence-corrected chi connectivity index (χ3v) is 6.63. The molecule has 0 spiro atoms. The van der Waals surface area contributed by atoms with Crippen molar-refractivity contribution in [3.63, 3.8) is 0 Å². The fourth-order valence-electron chi connectivity index (χ4n) is 4.83.